The molecule has 0 aromatic carbocycles. The molecule has 1 rings (SSSR count). The standard InChI is InChI=1S/C16H33N3O/c1-12(2)19(13(3)4)9-8-18-16(20)11-14-6-5-7-15(17)10-14/h12-15H,5-11,17H2,1-4H3,(H,18,20). The van der Waals surface area contributed by atoms with Crippen LogP contribution in [-0.2, 0) is 4.79 Å². The van der Waals surface area contributed by atoms with Crippen LogP contribution in [-0.4, -0.2) is 42.0 Å². The van der Waals surface area contributed by atoms with E-state index in [9.17, 15) is 4.79 Å². The van der Waals surface area contributed by atoms with Gasteiger partial charge in [-0.15, -0.1) is 0 Å². The molecule has 4 nitrogen and oxygen atoms in total. The summed E-state index contributed by atoms with van der Waals surface area (Å²) >= 11 is 0. The molecule has 3 N–H and O–H groups in total. The Morgan fingerprint density at radius 3 is 2.45 bits per heavy atom. The Morgan fingerprint density at radius 2 is 1.90 bits per heavy atom. The fraction of sp³-hybridized carbons (Fsp3) is 0.938. The SMILES string of the molecule is CC(C)N(CCNC(=O)CC1CCCC(N)C1)C(C)C. The Balaban J connectivity index is 2.22. The Kier molecular flexibility index (Phi) is 7.52. The number of carbonyl (C=O) groups excluding carboxylic acids is 1. The van der Waals surface area contributed by atoms with E-state index in [0.717, 1.165) is 32.4 Å². The molecule has 1 aliphatic carbocycles. The summed E-state index contributed by atoms with van der Waals surface area (Å²) in [4.78, 5) is 14.4. The third-order valence-corrected chi connectivity index (χ3v) is 4.32. The Morgan fingerprint density at radius 1 is 1.25 bits per heavy atom. The first-order valence-electron chi connectivity index (χ1n) is 8.18. The average Bonchev–Trinajstić information content (AvgIpc) is 2.33. The molecule has 0 radical (unpaired) electrons. The monoisotopic (exact) mass is 283 g/mol. The summed E-state index contributed by atoms with van der Waals surface area (Å²) in [6.07, 6.45) is 5.11. The summed E-state index contributed by atoms with van der Waals surface area (Å²) in [7, 11) is 0. The molecule has 0 saturated heterocycles. The molecule has 4 heteroatoms. The minimum atomic E-state index is 0.191. The highest BCUT2D eigenvalue weighted by molar-refractivity contribution is 5.76. The summed E-state index contributed by atoms with van der Waals surface area (Å²) in [5.74, 6) is 0.682. The van der Waals surface area contributed by atoms with Gasteiger partial charge in [-0.25, -0.2) is 0 Å². The van der Waals surface area contributed by atoms with E-state index in [1.54, 1.807) is 0 Å². The minimum Gasteiger partial charge on any atom is -0.355 e. The molecule has 0 aromatic rings. The summed E-state index contributed by atoms with van der Waals surface area (Å²) in [6, 6.07) is 1.34. The normalized spacial score (nSPS) is 23.6. The van der Waals surface area contributed by atoms with Crippen molar-refractivity contribution < 1.29 is 4.79 Å². The largest absolute Gasteiger partial charge is 0.355 e. The van der Waals surface area contributed by atoms with Gasteiger partial charge in [-0.05, 0) is 52.9 Å². The van der Waals surface area contributed by atoms with Gasteiger partial charge in [-0.3, -0.25) is 9.69 Å². The first-order valence-corrected chi connectivity index (χ1v) is 8.18. The van der Waals surface area contributed by atoms with Crippen molar-refractivity contribution in [1.82, 2.24) is 10.2 Å². The maximum Gasteiger partial charge on any atom is 0.220 e. The lowest BCUT2D eigenvalue weighted by Gasteiger charge is -2.30. The molecule has 0 bridgehead atoms. The van der Waals surface area contributed by atoms with E-state index in [-0.39, 0.29) is 5.91 Å². The first kappa shape index (κ1) is 17.4. The zero-order valence-electron chi connectivity index (χ0n) is 13.7. The van der Waals surface area contributed by atoms with Crippen LogP contribution in [0.5, 0.6) is 0 Å². The lowest BCUT2D eigenvalue weighted by Crippen LogP contribution is -2.42. The highest BCUT2D eigenvalue weighted by Gasteiger charge is 2.21. The van der Waals surface area contributed by atoms with Crippen LogP contribution in [0.25, 0.3) is 0 Å². The molecular weight excluding hydrogens is 250 g/mol. The fourth-order valence-electron chi connectivity index (χ4n) is 3.29. The van der Waals surface area contributed by atoms with Crippen LogP contribution < -0.4 is 11.1 Å². The Labute approximate surface area is 124 Å². The highest BCUT2D eigenvalue weighted by atomic mass is 16.1. The highest BCUT2D eigenvalue weighted by Crippen LogP contribution is 2.25. The number of hydrogen-bond acceptors (Lipinski definition) is 3. The number of rotatable bonds is 7. The maximum absolute atomic E-state index is 12.0. The predicted octanol–water partition coefficient (Wildman–Crippen LogP) is 2.13. The Bertz CT molecular complexity index is 283. The molecule has 118 valence electrons. The van der Waals surface area contributed by atoms with Crippen LogP contribution in [0.3, 0.4) is 0 Å². The van der Waals surface area contributed by atoms with Crippen LogP contribution in [0, 0.1) is 5.92 Å². The van der Waals surface area contributed by atoms with Gasteiger partial charge in [-0.2, -0.15) is 0 Å². The van der Waals surface area contributed by atoms with Gasteiger partial charge in [0.05, 0.1) is 0 Å². The first-order chi connectivity index (χ1) is 9.40. The van der Waals surface area contributed by atoms with Crippen molar-refractivity contribution in [3.05, 3.63) is 0 Å². The van der Waals surface area contributed by atoms with E-state index in [0.29, 0.717) is 30.5 Å². The van der Waals surface area contributed by atoms with E-state index < -0.39 is 0 Å². The third-order valence-electron chi connectivity index (χ3n) is 4.32. The van der Waals surface area contributed by atoms with E-state index in [4.69, 9.17) is 5.73 Å². The van der Waals surface area contributed by atoms with Gasteiger partial charge in [0.1, 0.15) is 0 Å². The molecule has 1 aliphatic rings. The second kappa shape index (κ2) is 8.63. The number of nitrogens with one attached hydrogen (secondary N) is 1. The predicted molar refractivity (Wildman–Crippen MR) is 84.5 cm³/mol. The van der Waals surface area contributed by atoms with E-state index in [1.165, 1.54) is 6.42 Å². The third kappa shape index (κ3) is 6.23. The number of nitrogens with zero attached hydrogens (tertiary/aromatic N) is 1. The molecule has 2 unspecified atom stereocenters. The van der Waals surface area contributed by atoms with Gasteiger partial charge in [0, 0.05) is 37.6 Å². The van der Waals surface area contributed by atoms with Gasteiger partial charge in [0.25, 0.3) is 0 Å². The molecule has 1 fully saturated rings. The summed E-state index contributed by atoms with van der Waals surface area (Å²) in [5, 5.41) is 3.06. The van der Waals surface area contributed by atoms with Crippen molar-refractivity contribution in [2.45, 2.75) is 77.9 Å². The number of nitrogens with two attached hydrogens (primary N) is 1. The van der Waals surface area contributed by atoms with Crippen LogP contribution >= 0.6 is 0 Å². The van der Waals surface area contributed by atoms with Crippen molar-refractivity contribution in [1.29, 1.82) is 0 Å². The molecule has 20 heavy (non-hydrogen) atoms. The quantitative estimate of drug-likeness (QED) is 0.752. The van der Waals surface area contributed by atoms with Crippen LogP contribution in [0.15, 0.2) is 0 Å². The maximum atomic E-state index is 12.0. The van der Waals surface area contributed by atoms with Crippen molar-refractivity contribution in [3.63, 3.8) is 0 Å². The fourth-order valence-corrected chi connectivity index (χ4v) is 3.29. The molecular formula is C16H33N3O. The van der Waals surface area contributed by atoms with Gasteiger partial charge in [0.2, 0.25) is 5.91 Å². The second-order valence-corrected chi connectivity index (χ2v) is 6.77. The lowest BCUT2D eigenvalue weighted by molar-refractivity contribution is -0.122. The zero-order valence-corrected chi connectivity index (χ0v) is 13.7. The van der Waals surface area contributed by atoms with Gasteiger partial charge in [0.15, 0.2) is 0 Å². The topological polar surface area (TPSA) is 58.4 Å². The molecule has 2 atom stereocenters. The molecule has 0 heterocycles. The zero-order chi connectivity index (χ0) is 15.1. The van der Waals surface area contributed by atoms with Crippen molar-refractivity contribution in [2.24, 2.45) is 11.7 Å². The lowest BCUT2D eigenvalue weighted by atomic mass is 9.84. The molecule has 0 aliphatic heterocycles. The van der Waals surface area contributed by atoms with E-state index in [2.05, 4.69) is 37.9 Å². The van der Waals surface area contributed by atoms with Gasteiger partial charge in [-0.1, -0.05) is 6.42 Å². The van der Waals surface area contributed by atoms with Crippen molar-refractivity contribution in [2.75, 3.05) is 13.1 Å². The van der Waals surface area contributed by atoms with Gasteiger partial charge < -0.3 is 11.1 Å². The van der Waals surface area contributed by atoms with Crippen molar-refractivity contribution in [3.8, 4) is 0 Å². The Hall–Kier alpha value is -0.610. The average molecular weight is 283 g/mol. The van der Waals surface area contributed by atoms with Crippen LogP contribution in [0.1, 0.15) is 59.8 Å². The summed E-state index contributed by atoms with van der Waals surface area (Å²) in [6.45, 7) is 10.5. The number of carbonyl (C=O) groups is 1. The minimum absolute atomic E-state index is 0.191. The smallest absolute Gasteiger partial charge is 0.220 e. The van der Waals surface area contributed by atoms with E-state index >= 15 is 0 Å². The molecule has 0 spiro atoms. The molecule has 1 saturated carbocycles. The van der Waals surface area contributed by atoms with Crippen LogP contribution in [0.4, 0.5) is 0 Å². The van der Waals surface area contributed by atoms with Crippen LogP contribution in [0.2, 0.25) is 0 Å². The molecule has 0 aromatic heterocycles. The van der Waals surface area contributed by atoms with E-state index in [1.807, 2.05) is 0 Å². The number of amides is 1. The summed E-state index contributed by atoms with van der Waals surface area (Å²) in [5.41, 5.74) is 5.97. The molecule has 1 amide bonds. The summed E-state index contributed by atoms with van der Waals surface area (Å²) < 4.78 is 0. The van der Waals surface area contributed by atoms with Gasteiger partial charge >= 0.3 is 0 Å². The number of hydrogen-bond donors (Lipinski definition) is 2. The second-order valence-electron chi connectivity index (χ2n) is 6.77. The van der Waals surface area contributed by atoms with Crippen molar-refractivity contribution >= 4 is 5.91 Å².